The summed E-state index contributed by atoms with van der Waals surface area (Å²) in [6.45, 7) is -0.101. The van der Waals surface area contributed by atoms with Crippen LogP contribution < -0.4 is 0 Å². The quantitative estimate of drug-likeness (QED) is 0.151. The van der Waals surface area contributed by atoms with Gasteiger partial charge in [-0.3, -0.25) is 10.1 Å². The molecule has 1 aromatic carbocycles. The van der Waals surface area contributed by atoms with Gasteiger partial charge in [0.15, 0.2) is 0 Å². The molecule has 0 heterocycles. The zero-order chi connectivity index (χ0) is 15.0. The molecule has 0 saturated carbocycles. The number of hydrogen-bond acceptors (Lipinski definition) is 5. The molecule has 0 bridgehead atoms. The summed E-state index contributed by atoms with van der Waals surface area (Å²) in [5.74, 6) is -0.570. The third-order valence-corrected chi connectivity index (χ3v) is 2.48. The Balaban J connectivity index is 2.83. The molecule has 0 atom stereocenters. The number of carbonyl (C=O) groups excluding carboxylic acids is 1. The van der Waals surface area contributed by atoms with Crippen LogP contribution in [0.5, 0.6) is 0 Å². The van der Waals surface area contributed by atoms with Gasteiger partial charge in [0.05, 0.1) is 18.6 Å². The maximum absolute atomic E-state index is 11.4. The van der Waals surface area contributed by atoms with Crippen molar-refractivity contribution in [3.05, 3.63) is 62.0 Å². The Morgan fingerprint density at radius 1 is 1.50 bits per heavy atom. The Labute approximate surface area is 114 Å². The van der Waals surface area contributed by atoms with E-state index in [1.807, 2.05) is 0 Å². The molecule has 0 aliphatic rings. The summed E-state index contributed by atoms with van der Waals surface area (Å²) >= 11 is 0. The molecule has 0 N–H and O–H groups in total. The SMILES string of the molecule is COC(=O)/C(=C/Cc1ccc([N+](=O)[O-])cc1)CN=[N+]=[N-]. The van der Waals surface area contributed by atoms with Crippen LogP contribution in [0.25, 0.3) is 10.4 Å². The van der Waals surface area contributed by atoms with Crippen molar-refractivity contribution in [1.82, 2.24) is 0 Å². The van der Waals surface area contributed by atoms with Crippen LogP contribution in [0.15, 0.2) is 41.0 Å². The van der Waals surface area contributed by atoms with Crippen LogP contribution in [0.1, 0.15) is 5.56 Å². The summed E-state index contributed by atoms with van der Waals surface area (Å²) in [4.78, 5) is 24.0. The Kier molecular flexibility index (Phi) is 5.74. The van der Waals surface area contributed by atoms with Crippen LogP contribution in [-0.4, -0.2) is 24.5 Å². The lowest BCUT2D eigenvalue weighted by atomic mass is 10.1. The Hall–Kier alpha value is -2.86. The first kappa shape index (κ1) is 15.2. The normalized spacial score (nSPS) is 10.6. The lowest BCUT2D eigenvalue weighted by Gasteiger charge is -2.02. The van der Waals surface area contributed by atoms with Gasteiger partial charge in [-0.15, -0.1) is 0 Å². The molecule has 0 aliphatic heterocycles. The van der Waals surface area contributed by atoms with E-state index in [0.29, 0.717) is 6.42 Å². The molecular formula is C12H12N4O4. The van der Waals surface area contributed by atoms with Gasteiger partial charge in [0, 0.05) is 22.6 Å². The number of benzene rings is 1. The van der Waals surface area contributed by atoms with Crippen LogP contribution in [-0.2, 0) is 16.0 Å². The standard InChI is InChI=1S/C12H12N4O4/c1-20-12(17)10(8-14-15-13)5-2-9-3-6-11(7-4-9)16(18)19/h3-7H,2,8H2,1H3/b10-5+. The number of allylic oxidation sites excluding steroid dienone is 1. The van der Waals surface area contributed by atoms with Crippen molar-refractivity contribution in [3.8, 4) is 0 Å². The van der Waals surface area contributed by atoms with E-state index >= 15 is 0 Å². The average Bonchev–Trinajstić information content (AvgIpc) is 2.47. The number of esters is 1. The first-order valence-corrected chi connectivity index (χ1v) is 5.60. The zero-order valence-electron chi connectivity index (χ0n) is 10.7. The van der Waals surface area contributed by atoms with E-state index in [1.54, 1.807) is 18.2 Å². The van der Waals surface area contributed by atoms with Gasteiger partial charge in [-0.25, -0.2) is 4.79 Å². The molecule has 0 aliphatic carbocycles. The molecule has 8 nitrogen and oxygen atoms in total. The summed E-state index contributed by atoms with van der Waals surface area (Å²) in [7, 11) is 1.23. The summed E-state index contributed by atoms with van der Waals surface area (Å²) in [6.07, 6.45) is 1.95. The molecule has 0 aromatic heterocycles. The predicted molar refractivity (Wildman–Crippen MR) is 70.9 cm³/mol. The van der Waals surface area contributed by atoms with Gasteiger partial charge in [-0.05, 0) is 17.5 Å². The second-order valence-electron chi connectivity index (χ2n) is 3.74. The van der Waals surface area contributed by atoms with Gasteiger partial charge in [0.2, 0.25) is 0 Å². The van der Waals surface area contributed by atoms with Crippen molar-refractivity contribution >= 4 is 11.7 Å². The molecule has 104 valence electrons. The molecule has 0 radical (unpaired) electrons. The second-order valence-corrected chi connectivity index (χ2v) is 3.74. The average molecular weight is 276 g/mol. The number of rotatable bonds is 6. The summed E-state index contributed by atoms with van der Waals surface area (Å²) in [5.41, 5.74) is 9.28. The van der Waals surface area contributed by atoms with Crippen molar-refractivity contribution in [3.63, 3.8) is 0 Å². The van der Waals surface area contributed by atoms with Crippen LogP contribution >= 0.6 is 0 Å². The largest absolute Gasteiger partial charge is 0.466 e. The highest BCUT2D eigenvalue weighted by Crippen LogP contribution is 2.13. The Morgan fingerprint density at radius 2 is 2.15 bits per heavy atom. The minimum atomic E-state index is -0.570. The first-order chi connectivity index (χ1) is 9.58. The smallest absolute Gasteiger partial charge is 0.333 e. The van der Waals surface area contributed by atoms with E-state index in [4.69, 9.17) is 5.53 Å². The van der Waals surface area contributed by atoms with E-state index in [0.717, 1.165) is 5.56 Å². The van der Waals surface area contributed by atoms with Crippen LogP contribution in [0, 0.1) is 10.1 Å². The fourth-order valence-corrected chi connectivity index (χ4v) is 1.45. The van der Waals surface area contributed by atoms with Crippen molar-refractivity contribution in [2.75, 3.05) is 13.7 Å². The molecule has 8 heteroatoms. The third kappa shape index (κ3) is 4.43. The summed E-state index contributed by atoms with van der Waals surface area (Å²) in [6, 6.07) is 5.96. The van der Waals surface area contributed by atoms with E-state index in [1.165, 1.54) is 19.2 Å². The highest BCUT2D eigenvalue weighted by Gasteiger charge is 2.08. The first-order valence-electron chi connectivity index (χ1n) is 5.60. The van der Waals surface area contributed by atoms with Crippen molar-refractivity contribution in [2.24, 2.45) is 5.11 Å². The summed E-state index contributed by atoms with van der Waals surface area (Å²) in [5, 5.41) is 13.8. The van der Waals surface area contributed by atoms with Gasteiger partial charge >= 0.3 is 5.97 Å². The molecular weight excluding hydrogens is 264 g/mol. The molecule has 1 rings (SSSR count). The van der Waals surface area contributed by atoms with Crippen molar-refractivity contribution in [2.45, 2.75) is 6.42 Å². The lowest BCUT2D eigenvalue weighted by Crippen LogP contribution is -2.07. The number of methoxy groups -OCH3 is 1. The molecule has 0 unspecified atom stereocenters. The van der Waals surface area contributed by atoms with E-state index in [2.05, 4.69) is 14.8 Å². The second kappa shape index (κ2) is 7.55. The number of hydrogen-bond donors (Lipinski definition) is 0. The van der Waals surface area contributed by atoms with Gasteiger partial charge in [0.1, 0.15) is 0 Å². The number of nitrogens with zero attached hydrogens (tertiary/aromatic N) is 4. The summed E-state index contributed by atoms with van der Waals surface area (Å²) < 4.78 is 4.57. The van der Waals surface area contributed by atoms with Crippen molar-refractivity contribution < 1.29 is 14.5 Å². The zero-order valence-corrected chi connectivity index (χ0v) is 10.7. The van der Waals surface area contributed by atoms with Crippen LogP contribution in [0.4, 0.5) is 5.69 Å². The van der Waals surface area contributed by atoms with Gasteiger partial charge in [-0.2, -0.15) is 0 Å². The molecule has 20 heavy (non-hydrogen) atoms. The Bertz CT molecular complexity index is 574. The third-order valence-electron chi connectivity index (χ3n) is 2.48. The van der Waals surface area contributed by atoms with Gasteiger partial charge < -0.3 is 4.74 Å². The van der Waals surface area contributed by atoms with E-state index in [-0.39, 0.29) is 17.8 Å². The van der Waals surface area contributed by atoms with Crippen LogP contribution in [0.3, 0.4) is 0 Å². The fraction of sp³-hybridized carbons (Fsp3) is 0.250. The van der Waals surface area contributed by atoms with Gasteiger partial charge in [-0.1, -0.05) is 23.3 Å². The minimum absolute atomic E-state index is 0.00000137. The molecule has 0 saturated heterocycles. The van der Waals surface area contributed by atoms with E-state index in [9.17, 15) is 14.9 Å². The number of non-ortho nitro benzene ring substituents is 1. The van der Waals surface area contributed by atoms with Crippen molar-refractivity contribution in [1.29, 1.82) is 0 Å². The maximum atomic E-state index is 11.4. The van der Waals surface area contributed by atoms with E-state index < -0.39 is 10.9 Å². The lowest BCUT2D eigenvalue weighted by molar-refractivity contribution is -0.384. The highest BCUT2D eigenvalue weighted by atomic mass is 16.6. The molecule has 0 fully saturated rings. The molecule has 0 amide bonds. The highest BCUT2D eigenvalue weighted by molar-refractivity contribution is 5.88. The fourth-order valence-electron chi connectivity index (χ4n) is 1.45. The minimum Gasteiger partial charge on any atom is -0.466 e. The number of azide groups is 1. The molecule has 1 aromatic rings. The van der Waals surface area contributed by atoms with Gasteiger partial charge in [0.25, 0.3) is 5.69 Å². The number of ether oxygens (including phenoxy) is 1. The predicted octanol–water partition coefficient (Wildman–Crippen LogP) is 2.55. The van der Waals surface area contributed by atoms with Crippen LogP contribution in [0.2, 0.25) is 0 Å². The Morgan fingerprint density at radius 3 is 2.65 bits per heavy atom. The number of nitro groups is 1. The maximum Gasteiger partial charge on any atom is 0.333 e. The monoisotopic (exact) mass is 276 g/mol. The number of nitro benzene ring substituents is 1. The topological polar surface area (TPSA) is 118 Å². The number of carbonyl (C=O) groups is 1. The molecule has 0 spiro atoms.